The molecule has 1 saturated carbocycles. The van der Waals surface area contributed by atoms with Gasteiger partial charge in [0.25, 0.3) is 0 Å². The summed E-state index contributed by atoms with van der Waals surface area (Å²) in [5.74, 6) is 1.73. The zero-order chi connectivity index (χ0) is 13.9. The van der Waals surface area contributed by atoms with Gasteiger partial charge in [-0.3, -0.25) is 0 Å². The van der Waals surface area contributed by atoms with Crippen LogP contribution in [0.15, 0.2) is 0 Å². The van der Waals surface area contributed by atoms with Gasteiger partial charge < -0.3 is 10.6 Å². The Labute approximate surface area is 120 Å². The van der Waals surface area contributed by atoms with Crippen LogP contribution in [0.3, 0.4) is 0 Å². The molecule has 2 N–H and O–H groups in total. The highest BCUT2D eigenvalue weighted by molar-refractivity contribution is 4.92. The quantitative estimate of drug-likeness (QED) is 0.841. The maximum Gasteiger partial charge on any atom is 0.0131 e. The SMILES string of the molecule is CCCC1CCN(CC2CCCC(C)(C)C2N)CC1. The minimum absolute atomic E-state index is 0.351. The molecule has 2 nitrogen and oxygen atoms in total. The minimum Gasteiger partial charge on any atom is -0.327 e. The maximum absolute atomic E-state index is 6.52. The van der Waals surface area contributed by atoms with Crippen LogP contribution < -0.4 is 5.73 Å². The molecule has 19 heavy (non-hydrogen) atoms. The highest BCUT2D eigenvalue weighted by Gasteiger charge is 2.37. The molecule has 2 heteroatoms. The van der Waals surface area contributed by atoms with Gasteiger partial charge in [0.05, 0.1) is 0 Å². The van der Waals surface area contributed by atoms with Gasteiger partial charge in [0.2, 0.25) is 0 Å². The largest absolute Gasteiger partial charge is 0.327 e. The lowest BCUT2D eigenvalue weighted by Gasteiger charge is -2.44. The molecule has 2 atom stereocenters. The maximum atomic E-state index is 6.52. The monoisotopic (exact) mass is 266 g/mol. The smallest absolute Gasteiger partial charge is 0.0131 e. The molecule has 0 aromatic rings. The lowest BCUT2D eigenvalue weighted by atomic mass is 9.68. The highest BCUT2D eigenvalue weighted by Crippen LogP contribution is 2.38. The number of hydrogen-bond acceptors (Lipinski definition) is 2. The van der Waals surface area contributed by atoms with Gasteiger partial charge in [0.15, 0.2) is 0 Å². The number of piperidine rings is 1. The Kier molecular flexibility index (Phi) is 5.30. The normalized spacial score (nSPS) is 33.5. The fraction of sp³-hybridized carbons (Fsp3) is 1.00. The summed E-state index contributed by atoms with van der Waals surface area (Å²) in [6.07, 6.45) is 9.65. The zero-order valence-electron chi connectivity index (χ0n) is 13.3. The van der Waals surface area contributed by atoms with E-state index in [1.54, 1.807) is 0 Å². The van der Waals surface area contributed by atoms with Crippen molar-refractivity contribution in [2.75, 3.05) is 19.6 Å². The first-order valence-corrected chi connectivity index (χ1v) is 8.51. The third-order valence-corrected chi connectivity index (χ3v) is 5.70. The molecular formula is C17H34N2. The van der Waals surface area contributed by atoms with Crippen molar-refractivity contribution in [2.24, 2.45) is 23.0 Å². The molecule has 2 rings (SSSR count). The number of hydrogen-bond donors (Lipinski definition) is 1. The van der Waals surface area contributed by atoms with Crippen LogP contribution in [-0.4, -0.2) is 30.6 Å². The third kappa shape index (κ3) is 3.95. The molecule has 0 amide bonds. The van der Waals surface area contributed by atoms with Crippen LogP contribution in [0.2, 0.25) is 0 Å². The van der Waals surface area contributed by atoms with Gasteiger partial charge in [-0.05, 0) is 56.0 Å². The van der Waals surface area contributed by atoms with Crippen LogP contribution >= 0.6 is 0 Å². The van der Waals surface area contributed by atoms with E-state index in [0.29, 0.717) is 11.5 Å². The lowest BCUT2D eigenvalue weighted by Crippen LogP contribution is -2.51. The second-order valence-electron chi connectivity index (χ2n) is 7.70. The number of nitrogens with zero attached hydrogens (tertiary/aromatic N) is 1. The van der Waals surface area contributed by atoms with Crippen LogP contribution in [0.5, 0.6) is 0 Å². The molecule has 1 saturated heterocycles. The van der Waals surface area contributed by atoms with E-state index in [1.165, 1.54) is 64.6 Å². The first-order chi connectivity index (χ1) is 9.03. The van der Waals surface area contributed by atoms with E-state index in [4.69, 9.17) is 5.73 Å². The Morgan fingerprint density at radius 1 is 1.16 bits per heavy atom. The Morgan fingerprint density at radius 2 is 1.84 bits per heavy atom. The van der Waals surface area contributed by atoms with E-state index >= 15 is 0 Å². The van der Waals surface area contributed by atoms with Crippen molar-refractivity contribution in [1.29, 1.82) is 0 Å². The van der Waals surface area contributed by atoms with E-state index in [2.05, 4.69) is 25.7 Å². The van der Waals surface area contributed by atoms with Gasteiger partial charge in [-0.25, -0.2) is 0 Å². The van der Waals surface area contributed by atoms with Crippen LogP contribution in [0.1, 0.15) is 65.7 Å². The van der Waals surface area contributed by atoms with Crippen LogP contribution in [0.25, 0.3) is 0 Å². The second-order valence-corrected chi connectivity index (χ2v) is 7.70. The van der Waals surface area contributed by atoms with E-state index in [-0.39, 0.29) is 0 Å². The molecule has 0 aromatic carbocycles. The average molecular weight is 266 g/mol. The average Bonchev–Trinajstić information content (AvgIpc) is 2.38. The van der Waals surface area contributed by atoms with Crippen molar-refractivity contribution < 1.29 is 0 Å². The number of likely N-dealkylation sites (tertiary alicyclic amines) is 1. The predicted molar refractivity (Wildman–Crippen MR) is 83.2 cm³/mol. The summed E-state index contributed by atoms with van der Waals surface area (Å²) in [5.41, 5.74) is 6.87. The molecule has 112 valence electrons. The van der Waals surface area contributed by atoms with Gasteiger partial charge >= 0.3 is 0 Å². The summed E-state index contributed by atoms with van der Waals surface area (Å²) in [6, 6.07) is 0.398. The molecule has 0 spiro atoms. The van der Waals surface area contributed by atoms with Gasteiger partial charge in [-0.1, -0.05) is 40.0 Å². The lowest BCUT2D eigenvalue weighted by molar-refractivity contribution is 0.0845. The van der Waals surface area contributed by atoms with Gasteiger partial charge in [-0.2, -0.15) is 0 Å². The Hall–Kier alpha value is -0.0800. The minimum atomic E-state index is 0.351. The summed E-state index contributed by atoms with van der Waals surface area (Å²) in [6.45, 7) is 10.9. The van der Waals surface area contributed by atoms with Crippen LogP contribution in [0.4, 0.5) is 0 Å². The zero-order valence-corrected chi connectivity index (χ0v) is 13.3. The molecule has 2 unspecified atom stereocenters. The molecule has 0 aromatic heterocycles. The molecule has 0 radical (unpaired) electrons. The Bertz CT molecular complexity index is 266. The Balaban J connectivity index is 1.79. The first kappa shape index (κ1) is 15.3. The second kappa shape index (κ2) is 6.58. The predicted octanol–water partition coefficient (Wildman–Crippen LogP) is 3.65. The summed E-state index contributed by atoms with van der Waals surface area (Å²) in [5, 5.41) is 0. The van der Waals surface area contributed by atoms with Gasteiger partial charge in [0, 0.05) is 12.6 Å². The summed E-state index contributed by atoms with van der Waals surface area (Å²) < 4.78 is 0. The molecule has 2 aliphatic rings. The van der Waals surface area contributed by atoms with E-state index in [9.17, 15) is 0 Å². The van der Waals surface area contributed by atoms with Gasteiger partial charge in [-0.15, -0.1) is 0 Å². The summed E-state index contributed by atoms with van der Waals surface area (Å²) >= 11 is 0. The molecule has 2 fully saturated rings. The van der Waals surface area contributed by atoms with Crippen molar-refractivity contribution in [1.82, 2.24) is 4.90 Å². The molecular weight excluding hydrogens is 232 g/mol. The van der Waals surface area contributed by atoms with E-state index in [0.717, 1.165) is 11.8 Å². The summed E-state index contributed by atoms with van der Waals surface area (Å²) in [7, 11) is 0. The fourth-order valence-electron chi connectivity index (χ4n) is 4.21. The standard InChI is InChI=1S/C17H34N2/c1-4-6-14-8-11-19(12-9-14)13-15-7-5-10-17(2,3)16(15)18/h14-16H,4-13,18H2,1-3H3. The highest BCUT2D eigenvalue weighted by atomic mass is 15.1. The molecule has 1 aliphatic heterocycles. The molecule has 0 bridgehead atoms. The van der Waals surface area contributed by atoms with Crippen molar-refractivity contribution in [2.45, 2.75) is 71.8 Å². The molecule has 1 heterocycles. The van der Waals surface area contributed by atoms with Crippen molar-refractivity contribution in [3.63, 3.8) is 0 Å². The van der Waals surface area contributed by atoms with Gasteiger partial charge in [0.1, 0.15) is 0 Å². The van der Waals surface area contributed by atoms with E-state index in [1.807, 2.05) is 0 Å². The van der Waals surface area contributed by atoms with Crippen molar-refractivity contribution in [3.8, 4) is 0 Å². The van der Waals surface area contributed by atoms with E-state index < -0.39 is 0 Å². The number of rotatable bonds is 4. The van der Waals surface area contributed by atoms with Crippen molar-refractivity contribution in [3.05, 3.63) is 0 Å². The topological polar surface area (TPSA) is 29.3 Å². The van der Waals surface area contributed by atoms with Crippen molar-refractivity contribution >= 4 is 0 Å². The first-order valence-electron chi connectivity index (χ1n) is 8.51. The number of nitrogens with two attached hydrogens (primary N) is 1. The van der Waals surface area contributed by atoms with Crippen LogP contribution in [0, 0.1) is 17.3 Å². The fourth-order valence-corrected chi connectivity index (χ4v) is 4.21. The summed E-state index contributed by atoms with van der Waals surface area (Å²) in [4.78, 5) is 2.69. The molecule has 1 aliphatic carbocycles. The van der Waals surface area contributed by atoms with Crippen LogP contribution in [-0.2, 0) is 0 Å². The Morgan fingerprint density at radius 3 is 2.47 bits per heavy atom. The third-order valence-electron chi connectivity index (χ3n) is 5.70.